The molecule has 4 rings (SSSR count). The molecule has 0 bridgehead atoms. The number of aliphatic hydroxyl groups excluding tert-OH is 1. The Balaban J connectivity index is 1.57. The van der Waals surface area contributed by atoms with E-state index in [0.717, 1.165) is 37.0 Å². The van der Waals surface area contributed by atoms with E-state index in [-0.39, 0.29) is 24.5 Å². The number of piperazine rings is 1. The normalized spacial score (nSPS) is 15.3. The summed E-state index contributed by atoms with van der Waals surface area (Å²) in [6.45, 7) is 10.1. The van der Waals surface area contributed by atoms with E-state index in [0.29, 0.717) is 54.7 Å². The Labute approximate surface area is 224 Å². The van der Waals surface area contributed by atoms with Crippen LogP contribution in [0.3, 0.4) is 0 Å². The number of rotatable bonds is 11. The number of ether oxygens (including phenoxy) is 1. The Morgan fingerprint density at radius 3 is 2.61 bits per heavy atom. The standard InChI is InChI=1S/C27H40N8O3/c1-5-6-21(9-14-36)30-25-24-22(31-27(28)32-25)16-29-35(24)17-20-8-7-19(15-23(20)38-4)26(37)34-12-10-33(11-13-34)18(2)3/h7-8,15-16,18,21,36H,5-6,9-14,17H2,1-4H3,(H3,28,30,31,32)/t21-/m0/s1. The van der Waals surface area contributed by atoms with E-state index in [1.807, 2.05) is 27.8 Å². The largest absolute Gasteiger partial charge is 0.496 e. The predicted molar refractivity (Wildman–Crippen MR) is 148 cm³/mol. The number of hydrogen-bond acceptors (Lipinski definition) is 9. The van der Waals surface area contributed by atoms with Gasteiger partial charge in [-0.25, -0.2) is 4.98 Å². The average Bonchev–Trinajstić information content (AvgIpc) is 3.31. The Kier molecular flexibility index (Phi) is 9.01. The van der Waals surface area contributed by atoms with Gasteiger partial charge in [-0.05, 0) is 38.8 Å². The van der Waals surface area contributed by atoms with Crippen LogP contribution in [-0.2, 0) is 6.54 Å². The van der Waals surface area contributed by atoms with Crippen LogP contribution in [0.1, 0.15) is 56.0 Å². The third-order valence-corrected chi connectivity index (χ3v) is 7.15. The first kappa shape index (κ1) is 27.6. The van der Waals surface area contributed by atoms with Crippen molar-refractivity contribution in [3.63, 3.8) is 0 Å². The summed E-state index contributed by atoms with van der Waals surface area (Å²) in [6, 6.07) is 6.11. The highest BCUT2D eigenvalue weighted by molar-refractivity contribution is 5.95. The number of fused-ring (bicyclic) bond motifs is 1. The summed E-state index contributed by atoms with van der Waals surface area (Å²) >= 11 is 0. The Morgan fingerprint density at radius 1 is 1.18 bits per heavy atom. The quantitative estimate of drug-likeness (QED) is 0.346. The summed E-state index contributed by atoms with van der Waals surface area (Å²) in [6.07, 6.45) is 4.12. The van der Waals surface area contributed by atoms with Crippen LogP contribution in [0.5, 0.6) is 5.75 Å². The second-order valence-electron chi connectivity index (χ2n) is 10.1. The van der Waals surface area contributed by atoms with Crippen molar-refractivity contribution in [2.75, 3.05) is 50.9 Å². The molecule has 1 aliphatic heterocycles. The number of benzene rings is 1. The van der Waals surface area contributed by atoms with Crippen LogP contribution in [-0.4, -0.2) is 92.5 Å². The summed E-state index contributed by atoms with van der Waals surface area (Å²) in [5, 5.41) is 17.5. The summed E-state index contributed by atoms with van der Waals surface area (Å²) in [5.74, 6) is 1.39. The first-order valence-electron chi connectivity index (χ1n) is 13.4. The van der Waals surface area contributed by atoms with Gasteiger partial charge < -0.3 is 25.8 Å². The molecule has 11 heteroatoms. The molecule has 0 saturated carbocycles. The number of carbonyl (C=O) groups excluding carboxylic acids is 1. The van der Waals surface area contributed by atoms with Crippen molar-refractivity contribution in [1.29, 1.82) is 0 Å². The smallest absolute Gasteiger partial charge is 0.254 e. The molecular formula is C27H40N8O3. The second-order valence-corrected chi connectivity index (χ2v) is 10.1. The van der Waals surface area contributed by atoms with E-state index >= 15 is 0 Å². The van der Waals surface area contributed by atoms with E-state index in [1.54, 1.807) is 13.3 Å². The third kappa shape index (κ3) is 6.16. The van der Waals surface area contributed by atoms with Gasteiger partial charge in [-0.3, -0.25) is 14.4 Å². The minimum atomic E-state index is 0.0176. The van der Waals surface area contributed by atoms with Crippen molar-refractivity contribution < 1.29 is 14.6 Å². The maximum absolute atomic E-state index is 13.2. The Morgan fingerprint density at radius 2 is 1.95 bits per heavy atom. The lowest BCUT2D eigenvalue weighted by molar-refractivity contribution is 0.0595. The fourth-order valence-electron chi connectivity index (χ4n) is 5.02. The van der Waals surface area contributed by atoms with Crippen molar-refractivity contribution in [3.8, 4) is 5.75 Å². The summed E-state index contributed by atoms with van der Waals surface area (Å²) in [5.41, 5.74) is 8.82. The van der Waals surface area contributed by atoms with E-state index < -0.39 is 0 Å². The molecule has 3 heterocycles. The van der Waals surface area contributed by atoms with Gasteiger partial charge in [-0.15, -0.1) is 0 Å². The zero-order valence-corrected chi connectivity index (χ0v) is 22.9. The summed E-state index contributed by atoms with van der Waals surface area (Å²) < 4.78 is 7.50. The predicted octanol–water partition coefficient (Wildman–Crippen LogP) is 2.59. The molecule has 2 aromatic heterocycles. The van der Waals surface area contributed by atoms with Gasteiger partial charge in [0.15, 0.2) is 5.82 Å². The number of nitrogen functional groups attached to an aromatic ring is 1. The molecular weight excluding hydrogens is 484 g/mol. The number of amides is 1. The lowest BCUT2D eigenvalue weighted by atomic mass is 10.1. The molecule has 0 unspecified atom stereocenters. The molecule has 0 spiro atoms. The lowest BCUT2D eigenvalue weighted by Gasteiger charge is -2.37. The van der Waals surface area contributed by atoms with E-state index in [4.69, 9.17) is 10.5 Å². The van der Waals surface area contributed by atoms with Crippen LogP contribution >= 0.6 is 0 Å². The van der Waals surface area contributed by atoms with E-state index in [2.05, 4.69) is 46.1 Å². The number of nitrogens with two attached hydrogens (primary N) is 1. The monoisotopic (exact) mass is 524 g/mol. The molecule has 1 aliphatic rings. The first-order valence-corrected chi connectivity index (χ1v) is 13.4. The number of nitrogens with one attached hydrogen (secondary N) is 1. The SMILES string of the molecule is CCC[C@@H](CCO)Nc1nc(N)nc2cnn(Cc3ccc(C(=O)N4CCN(C(C)C)CC4)cc3OC)c12. The van der Waals surface area contributed by atoms with Gasteiger partial charge in [0.2, 0.25) is 5.95 Å². The van der Waals surface area contributed by atoms with E-state index in [9.17, 15) is 9.90 Å². The molecule has 1 aromatic carbocycles. The van der Waals surface area contributed by atoms with Crippen molar-refractivity contribution >= 4 is 28.7 Å². The molecule has 4 N–H and O–H groups in total. The van der Waals surface area contributed by atoms with Crippen LogP contribution in [0, 0.1) is 0 Å². The number of methoxy groups -OCH3 is 1. The van der Waals surface area contributed by atoms with Crippen molar-refractivity contribution in [2.24, 2.45) is 0 Å². The van der Waals surface area contributed by atoms with Crippen LogP contribution in [0.4, 0.5) is 11.8 Å². The first-order chi connectivity index (χ1) is 18.3. The van der Waals surface area contributed by atoms with Gasteiger partial charge in [0, 0.05) is 56.0 Å². The number of aromatic nitrogens is 4. The molecule has 11 nitrogen and oxygen atoms in total. The number of aliphatic hydroxyl groups is 1. The molecule has 0 radical (unpaired) electrons. The van der Waals surface area contributed by atoms with Gasteiger partial charge in [0.05, 0.1) is 19.9 Å². The topological polar surface area (TPSA) is 135 Å². The summed E-state index contributed by atoms with van der Waals surface area (Å²) in [4.78, 5) is 26.3. The maximum atomic E-state index is 13.2. The minimum absolute atomic E-state index is 0.0176. The van der Waals surface area contributed by atoms with Gasteiger partial charge in [-0.1, -0.05) is 19.4 Å². The molecule has 0 aliphatic carbocycles. The van der Waals surface area contributed by atoms with Gasteiger partial charge >= 0.3 is 0 Å². The minimum Gasteiger partial charge on any atom is -0.496 e. The number of anilines is 2. The van der Waals surface area contributed by atoms with Crippen LogP contribution in [0.2, 0.25) is 0 Å². The highest BCUT2D eigenvalue weighted by Crippen LogP contribution is 2.27. The fourth-order valence-corrected chi connectivity index (χ4v) is 5.02. The van der Waals surface area contributed by atoms with Crippen molar-refractivity contribution in [1.82, 2.24) is 29.5 Å². The lowest BCUT2D eigenvalue weighted by Crippen LogP contribution is -2.50. The zero-order valence-electron chi connectivity index (χ0n) is 22.9. The Bertz CT molecular complexity index is 1230. The molecule has 3 aromatic rings. The van der Waals surface area contributed by atoms with Crippen LogP contribution in [0.15, 0.2) is 24.4 Å². The number of carbonyl (C=O) groups is 1. The van der Waals surface area contributed by atoms with Gasteiger partial charge in [0.1, 0.15) is 16.8 Å². The molecule has 1 saturated heterocycles. The zero-order chi connectivity index (χ0) is 27.2. The van der Waals surface area contributed by atoms with Crippen molar-refractivity contribution in [2.45, 2.75) is 58.7 Å². The Hall–Kier alpha value is -3.44. The number of hydrogen-bond donors (Lipinski definition) is 3. The average molecular weight is 525 g/mol. The van der Waals surface area contributed by atoms with Gasteiger partial charge in [-0.2, -0.15) is 10.1 Å². The molecule has 1 atom stereocenters. The molecule has 206 valence electrons. The third-order valence-electron chi connectivity index (χ3n) is 7.15. The second kappa shape index (κ2) is 12.4. The molecule has 1 fully saturated rings. The van der Waals surface area contributed by atoms with Crippen LogP contribution in [0.25, 0.3) is 11.0 Å². The highest BCUT2D eigenvalue weighted by Gasteiger charge is 2.24. The molecule has 38 heavy (non-hydrogen) atoms. The van der Waals surface area contributed by atoms with E-state index in [1.165, 1.54) is 0 Å². The van der Waals surface area contributed by atoms with Gasteiger partial charge in [0.25, 0.3) is 5.91 Å². The maximum Gasteiger partial charge on any atom is 0.254 e. The number of nitrogens with zero attached hydrogens (tertiary/aromatic N) is 6. The highest BCUT2D eigenvalue weighted by atomic mass is 16.5. The summed E-state index contributed by atoms with van der Waals surface area (Å²) in [7, 11) is 1.61. The fraction of sp³-hybridized carbons (Fsp3) is 0.556. The van der Waals surface area contributed by atoms with Crippen molar-refractivity contribution in [3.05, 3.63) is 35.5 Å². The van der Waals surface area contributed by atoms with Crippen LogP contribution < -0.4 is 15.8 Å². The molecule has 1 amide bonds.